The molecule has 5 nitrogen and oxygen atoms in total. The highest BCUT2D eigenvalue weighted by Gasteiger charge is 2.33. The summed E-state index contributed by atoms with van der Waals surface area (Å²) in [4.78, 5) is 22.7. The van der Waals surface area contributed by atoms with Crippen LogP contribution in [0.2, 0.25) is 0 Å². The number of hydrogen-bond donors (Lipinski definition) is 3. The maximum Gasteiger partial charge on any atom is 0.329 e. The summed E-state index contributed by atoms with van der Waals surface area (Å²) >= 11 is 0. The molecule has 0 saturated carbocycles. The number of amides is 2. The predicted molar refractivity (Wildman–Crippen MR) is 67.0 cm³/mol. The van der Waals surface area contributed by atoms with Crippen molar-refractivity contribution >= 4 is 12.0 Å². The van der Waals surface area contributed by atoms with E-state index in [1.165, 1.54) is 6.92 Å². The van der Waals surface area contributed by atoms with E-state index in [-0.39, 0.29) is 6.04 Å². The van der Waals surface area contributed by atoms with Gasteiger partial charge >= 0.3 is 12.0 Å². The topological polar surface area (TPSA) is 78.4 Å². The molecule has 0 aliphatic heterocycles. The van der Waals surface area contributed by atoms with Crippen LogP contribution in [0.3, 0.4) is 0 Å². The second kappa shape index (κ2) is 7.14. The molecule has 0 spiro atoms. The van der Waals surface area contributed by atoms with Crippen LogP contribution in [0, 0.1) is 0 Å². The summed E-state index contributed by atoms with van der Waals surface area (Å²) < 4.78 is 0. The van der Waals surface area contributed by atoms with Gasteiger partial charge in [0.25, 0.3) is 0 Å². The molecule has 0 saturated heterocycles. The van der Waals surface area contributed by atoms with Gasteiger partial charge in [-0.1, -0.05) is 27.2 Å². The van der Waals surface area contributed by atoms with Gasteiger partial charge in [-0.15, -0.1) is 0 Å². The summed E-state index contributed by atoms with van der Waals surface area (Å²) in [5.74, 6) is -1.02. The smallest absolute Gasteiger partial charge is 0.329 e. The lowest BCUT2D eigenvalue weighted by Gasteiger charge is -2.26. The molecule has 2 unspecified atom stereocenters. The van der Waals surface area contributed by atoms with Crippen molar-refractivity contribution in [3.05, 3.63) is 0 Å². The molecule has 0 aromatic carbocycles. The summed E-state index contributed by atoms with van der Waals surface area (Å²) in [6, 6.07) is -0.299. The number of rotatable bonds is 7. The Bertz CT molecular complexity index is 268. The highest BCUT2D eigenvalue weighted by atomic mass is 16.4. The number of carboxylic acids is 1. The Morgan fingerprint density at radius 2 is 1.88 bits per heavy atom. The summed E-state index contributed by atoms with van der Waals surface area (Å²) in [7, 11) is 0. The lowest BCUT2D eigenvalue weighted by Crippen LogP contribution is -2.56. The van der Waals surface area contributed by atoms with Crippen LogP contribution in [0.5, 0.6) is 0 Å². The maximum absolute atomic E-state index is 11.7. The summed E-state index contributed by atoms with van der Waals surface area (Å²) in [5, 5.41) is 14.3. The van der Waals surface area contributed by atoms with E-state index in [2.05, 4.69) is 17.6 Å². The molecule has 0 fully saturated rings. The van der Waals surface area contributed by atoms with Gasteiger partial charge in [-0.2, -0.15) is 0 Å². The Balaban J connectivity index is 4.38. The second-order valence-electron chi connectivity index (χ2n) is 4.48. The van der Waals surface area contributed by atoms with Crippen LogP contribution in [-0.4, -0.2) is 28.7 Å². The zero-order valence-electron chi connectivity index (χ0n) is 11.2. The van der Waals surface area contributed by atoms with Crippen molar-refractivity contribution in [1.82, 2.24) is 10.6 Å². The molecule has 0 rings (SSSR count). The van der Waals surface area contributed by atoms with Gasteiger partial charge in [-0.3, -0.25) is 0 Å². The van der Waals surface area contributed by atoms with Crippen LogP contribution in [0.4, 0.5) is 4.79 Å². The maximum atomic E-state index is 11.7. The third kappa shape index (κ3) is 5.06. The number of carboxylic acid groups (broad SMARTS) is 1. The molecule has 0 heterocycles. The van der Waals surface area contributed by atoms with Gasteiger partial charge in [0, 0.05) is 6.04 Å². The average molecular weight is 244 g/mol. The third-order valence-corrected chi connectivity index (χ3v) is 3.03. The molecule has 2 amide bonds. The van der Waals surface area contributed by atoms with E-state index in [1.54, 1.807) is 6.92 Å². The average Bonchev–Trinajstić information content (AvgIpc) is 2.27. The van der Waals surface area contributed by atoms with Crippen molar-refractivity contribution in [3.63, 3.8) is 0 Å². The highest BCUT2D eigenvalue weighted by Crippen LogP contribution is 2.09. The minimum atomic E-state index is -1.20. The van der Waals surface area contributed by atoms with Gasteiger partial charge < -0.3 is 15.7 Å². The van der Waals surface area contributed by atoms with E-state index in [0.717, 1.165) is 19.3 Å². The lowest BCUT2D eigenvalue weighted by molar-refractivity contribution is -0.143. The zero-order chi connectivity index (χ0) is 13.5. The number of urea groups is 1. The number of aliphatic carboxylic acids is 1. The first kappa shape index (κ1) is 15.7. The standard InChI is InChI=1S/C12H24N2O3/c1-5-8-9(6-2)13-11(17)14-12(4,7-3)10(15)16/h9H,5-8H2,1-4H3,(H,15,16)(H2,13,14,17). The Kier molecular flexibility index (Phi) is 6.61. The second-order valence-corrected chi connectivity index (χ2v) is 4.48. The van der Waals surface area contributed by atoms with E-state index in [4.69, 9.17) is 5.11 Å². The largest absolute Gasteiger partial charge is 0.480 e. The number of nitrogens with one attached hydrogen (secondary N) is 2. The lowest BCUT2D eigenvalue weighted by atomic mass is 10.00. The van der Waals surface area contributed by atoms with E-state index >= 15 is 0 Å². The van der Waals surface area contributed by atoms with Gasteiger partial charge in [-0.25, -0.2) is 9.59 Å². The van der Waals surface area contributed by atoms with E-state index < -0.39 is 17.5 Å². The molecular weight excluding hydrogens is 220 g/mol. The fourth-order valence-corrected chi connectivity index (χ4v) is 1.49. The van der Waals surface area contributed by atoms with Crippen LogP contribution in [0.25, 0.3) is 0 Å². The molecule has 0 aliphatic carbocycles. The highest BCUT2D eigenvalue weighted by molar-refractivity contribution is 5.85. The number of hydrogen-bond acceptors (Lipinski definition) is 2. The minimum Gasteiger partial charge on any atom is -0.480 e. The monoisotopic (exact) mass is 244 g/mol. The van der Waals surface area contributed by atoms with Crippen molar-refractivity contribution in [2.45, 2.75) is 65.0 Å². The van der Waals surface area contributed by atoms with Crippen molar-refractivity contribution in [2.24, 2.45) is 0 Å². The number of carbonyl (C=O) groups excluding carboxylic acids is 1. The van der Waals surface area contributed by atoms with Gasteiger partial charge in [-0.05, 0) is 26.2 Å². The Morgan fingerprint density at radius 3 is 2.24 bits per heavy atom. The summed E-state index contributed by atoms with van der Waals surface area (Å²) in [5.41, 5.74) is -1.20. The molecule has 17 heavy (non-hydrogen) atoms. The molecule has 2 atom stereocenters. The molecule has 5 heteroatoms. The number of carbonyl (C=O) groups is 2. The van der Waals surface area contributed by atoms with Crippen LogP contribution in [0.1, 0.15) is 53.4 Å². The van der Waals surface area contributed by atoms with E-state index in [1.807, 2.05) is 6.92 Å². The Morgan fingerprint density at radius 1 is 1.29 bits per heavy atom. The minimum absolute atomic E-state index is 0.106. The third-order valence-electron chi connectivity index (χ3n) is 3.03. The normalized spacial score (nSPS) is 15.8. The van der Waals surface area contributed by atoms with Crippen LogP contribution in [0.15, 0.2) is 0 Å². The first-order chi connectivity index (χ1) is 7.89. The van der Waals surface area contributed by atoms with Crippen molar-refractivity contribution in [2.75, 3.05) is 0 Å². The van der Waals surface area contributed by atoms with Gasteiger partial charge in [0.2, 0.25) is 0 Å². The molecule has 0 aliphatic rings. The van der Waals surface area contributed by atoms with E-state index in [0.29, 0.717) is 6.42 Å². The van der Waals surface area contributed by atoms with Crippen molar-refractivity contribution in [1.29, 1.82) is 0 Å². The van der Waals surface area contributed by atoms with Gasteiger partial charge in [0.05, 0.1) is 0 Å². The first-order valence-electron chi connectivity index (χ1n) is 6.21. The molecule has 100 valence electrons. The van der Waals surface area contributed by atoms with Gasteiger partial charge in [0.15, 0.2) is 0 Å². The SMILES string of the molecule is CCCC(CC)NC(=O)NC(C)(CC)C(=O)O. The van der Waals surface area contributed by atoms with Crippen molar-refractivity contribution < 1.29 is 14.7 Å². The Hall–Kier alpha value is -1.26. The summed E-state index contributed by atoms with van der Waals surface area (Å²) in [6.45, 7) is 7.29. The fourth-order valence-electron chi connectivity index (χ4n) is 1.49. The van der Waals surface area contributed by atoms with Gasteiger partial charge in [0.1, 0.15) is 5.54 Å². The molecule has 0 aromatic heterocycles. The zero-order valence-corrected chi connectivity index (χ0v) is 11.2. The predicted octanol–water partition coefficient (Wildman–Crippen LogP) is 2.12. The van der Waals surface area contributed by atoms with E-state index in [9.17, 15) is 9.59 Å². The molecule has 3 N–H and O–H groups in total. The quantitative estimate of drug-likeness (QED) is 0.642. The van der Waals surface area contributed by atoms with Crippen molar-refractivity contribution in [3.8, 4) is 0 Å². The van der Waals surface area contributed by atoms with Crippen LogP contribution < -0.4 is 10.6 Å². The first-order valence-corrected chi connectivity index (χ1v) is 6.21. The molecule has 0 aromatic rings. The van der Waals surface area contributed by atoms with Crippen LogP contribution >= 0.6 is 0 Å². The molecule has 0 bridgehead atoms. The fraction of sp³-hybridized carbons (Fsp3) is 0.833. The Labute approximate surface area is 103 Å². The molecule has 0 radical (unpaired) electrons. The van der Waals surface area contributed by atoms with Crippen LogP contribution in [-0.2, 0) is 4.79 Å². The summed E-state index contributed by atoms with van der Waals surface area (Å²) in [6.07, 6.45) is 3.08. The molecular formula is C12H24N2O3.